The van der Waals surface area contributed by atoms with Crippen molar-refractivity contribution in [2.75, 3.05) is 33.0 Å². The number of hydrogen-bond donors (Lipinski definition) is 7. The molecule has 2 aliphatic rings. The predicted octanol–water partition coefficient (Wildman–Crippen LogP) is 7.74. The summed E-state index contributed by atoms with van der Waals surface area (Å²) in [5.74, 6) is -0.399. The van der Waals surface area contributed by atoms with E-state index in [9.17, 15) is 40.5 Å². The van der Waals surface area contributed by atoms with Gasteiger partial charge < -0.3 is 64.2 Å². The van der Waals surface area contributed by atoms with Gasteiger partial charge in [0.05, 0.1) is 26.4 Å². The molecule has 0 aromatic carbocycles. The van der Waals surface area contributed by atoms with Crippen molar-refractivity contribution in [3.8, 4) is 0 Å². The van der Waals surface area contributed by atoms with Crippen molar-refractivity contribution in [2.45, 2.75) is 235 Å². The van der Waals surface area contributed by atoms with Crippen molar-refractivity contribution in [3.63, 3.8) is 0 Å². The fraction of sp³-hybridized carbons (Fsp3) is 0.792. The minimum Gasteiger partial charge on any atom is -0.457 e. The molecule has 11 atom stereocenters. The molecule has 0 aromatic rings. The van der Waals surface area contributed by atoms with E-state index in [4.69, 9.17) is 28.4 Å². The first-order valence-corrected chi connectivity index (χ1v) is 25.9. The molecule has 0 bridgehead atoms. The maximum atomic E-state index is 13.0. The van der Waals surface area contributed by atoms with E-state index in [-0.39, 0.29) is 19.6 Å². The van der Waals surface area contributed by atoms with Crippen molar-refractivity contribution < 1.29 is 69.0 Å². The number of hydrogen-bond acceptors (Lipinski definition) is 14. The summed E-state index contributed by atoms with van der Waals surface area (Å²) in [7, 11) is 0. The minimum atomic E-state index is -1.72. The van der Waals surface area contributed by atoms with Gasteiger partial charge >= 0.3 is 5.97 Å². The van der Waals surface area contributed by atoms with Crippen LogP contribution in [0.4, 0.5) is 0 Å². The lowest BCUT2D eigenvalue weighted by atomic mass is 9.98. The van der Waals surface area contributed by atoms with Gasteiger partial charge in [-0.25, -0.2) is 0 Å². The quantitative estimate of drug-likeness (QED) is 0.0178. The zero-order valence-corrected chi connectivity index (χ0v) is 41.1. The van der Waals surface area contributed by atoms with E-state index in [0.717, 1.165) is 57.8 Å². The van der Waals surface area contributed by atoms with Crippen molar-refractivity contribution in [3.05, 3.63) is 60.8 Å². The van der Waals surface area contributed by atoms with Crippen LogP contribution >= 0.6 is 0 Å². The summed E-state index contributed by atoms with van der Waals surface area (Å²) < 4.78 is 34.2. The Morgan fingerprint density at radius 2 is 0.970 bits per heavy atom. The summed E-state index contributed by atoms with van der Waals surface area (Å²) in [6, 6.07) is 0. The van der Waals surface area contributed by atoms with Crippen LogP contribution in [0.25, 0.3) is 0 Å². The Bertz CT molecular complexity index is 1340. The second-order valence-corrected chi connectivity index (χ2v) is 18.0. The van der Waals surface area contributed by atoms with Crippen LogP contribution in [0.3, 0.4) is 0 Å². The van der Waals surface area contributed by atoms with E-state index < -0.39 is 86.7 Å². The van der Waals surface area contributed by atoms with Gasteiger partial charge in [-0.1, -0.05) is 152 Å². The molecule has 0 saturated carbocycles. The molecule has 0 aromatic heterocycles. The number of allylic oxidation sites excluding steroid dienone is 10. The highest BCUT2D eigenvalue weighted by molar-refractivity contribution is 5.69. The lowest BCUT2D eigenvalue weighted by Gasteiger charge is -2.42. The van der Waals surface area contributed by atoms with Crippen LogP contribution in [0, 0.1) is 0 Å². The number of ether oxygens (including phenoxy) is 6. The molecule has 67 heavy (non-hydrogen) atoms. The van der Waals surface area contributed by atoms with Crippen LogP contribution in [0.15, 0.2) is 60.8 Å². The van der Waals surface area contributed by atoms with Gasteiger partial charge in [0.25, 0.3) is 0 Å². The van der Waals surface area contributed by atoms with Crippen molar-refractivity contribution in [1.82, 2.24) is 0 Å². The molecule has 0 radical (unpaired) electrons. The summed E-state index contributed by atoms with van der Waals surface area (Å²) in [5, 5.41) is 72.1. The van der Waals surface area contributed by atoms with E-state index in [0.29, 0.717) is 13.0 Å². The Morgan fingerprint density at radius 3 is 1.54 bits per heavy atom. The van der Waals surface area contributed by atoms with Gasteiger partial charge in [-0.05, 0) is 70.6 Å². The highest BCUT2D eigenvalue weighted by Crippen LogP contribution is 2.26. The Morgan fingerprint density at radius 1 is 0.507 bits per heavy atom. The monoisotopic (exact) mass is 953 g/mol. The average Bonchev–Trinajstić information content (AvgIpc) is 3.32. The van der Waals surface area contributed by atoms with Crippen LogP contribution in [-0.4, -0.2) is 142 Å². The van der Waals surface area contributed by atoms with Gasteiger partial charge in [0.1, 0.15) is 54.9 Å². The van der Waals surface area contributed by atoms with E-state index in [1.807, 2.05) is 0 Å². The van der Waals surface area contributed by atoms with Gasteiger partial charge in [-0.15, -0.1) is 0 Å². The predicted molar refractivity (Wildman–Crippen MR) is 261 cm³/mol. The highest BCUT2D eigenvalue weighted by Gasteiger charge is 2.47. The van der Waals surface area contributed by atoms with Gasteiger partial charge in [-0.2, -0.15) is 0 Å². The number of carbonyl (C=O) groups is 1. The summed E-state index contributed by atoms with van der Waals surface area (Å²) in [4.78, 5) is 13.0. The van der Waals surface area contributed by atoms with Crippen LogP contribution in [-0.2, 0) is 33.2 Å². The lowest BCUT2D eigenvalue weighted by Crippen LogP contribution is -2.61. The zero-order chi connectivity index (χ0) is 48.7. The van der Waals surface area contributed by atoms with Crippen LogP contribution in [0.5, 0.6) is 0 Å². The number of aliphatic hydroxyl groups is 7. The lowest BCUT2D eigenvalue weighted by molar-refractivity contribution is -0.332. The molecule has 14 nitrogen and oxygen atoms in total. The number of unbranched alkanes of at least 4 members (excludes halogenated alkanes) is 16. The van der Waals surface area contributed by atoms with Crippen LogP contribution in [0.1, 0.15) is 168 Å². The molecule has 2 heterocycles. The van der Waals surface area contributed by atoms with Gasteiger partial charge in [0.2, 0.25) is 0 Å². The van der Waals surface area contributed by atoms with Crippen LogP contribution < -0.4 is 0 Å². The summed E-state index contributed by atoms with van der Waals surface area (Å²) in [5.41, 5.74) is 0. The Hall–Kier alpha value is -2.31. The van der Waals surface area contributed by atoms with E-state index in [2.05, 4.69) is 74.6 Å². The minimum absolute atomic E-state index is 0.0209. The zero-order valence-electron chi connectivity index (χ0n) is 41.1. The Balaban J connectivity index is 1.78. The highest BCUT2D eigenvalue weighted by atomic mass is 16.7. The molecule has 11 unspecified atom stereocenters. The topological polar surface area (TPSA) is 214 Å². The summed E-state index contributed by atoms with van der Waals surface area (Å²) >= 11 is 0. The molecule has 7 N–H and O–H groups in total. The molecular weight excluding hydrogens is 861 g/mol. The standard InChI is InChI=1S/C53H92O14/c1-3-5-7-9-11-13-15-17-19-20-21-22-23-24-26-28-30-32-34-36-45(55)65-42(39-62-37-35-33-31-29-27-25-18-16-14-12-10-8-6-4-2)40-63-52-51(61)49(59)47(57)44(67-52)41-64-53-50(60)48(58)46(56)43(38-54)66-53/h6,8,12,14,17-19,25,29,31,42-44,46-54,56-61H,3-5,7,9-11,13,15-16,20-24,26-28,30,32-41H2,1-2H3/b8-6-,14-12-,19-17-,25-18-,31-29-. The van der Waals surface area contributed by atoms with Gasteiger partial charge in [0.15, 0.2) is 12.6 Å². The van der Waals surface area contributed by atoms with Crippen molar-refractivity contribution in [2.24, 2.45) is 0 Å². The molecule has 0 amide bonds. The average molecular weight is 953 g/mol. The molecule has 2 aliphatic heterocycles. The molecular formula is C53H92O14. The largest absolute Gasteiger partial charge is 0.457 e. The molecule has 388 valence electrons. The summed E-state index contributed by atoms with van der Waals surface area (Å²) in [6.07, 6.45) is 31.5. The number of rotatable bonds is 40. The summed E-state index contributed by atoms with van der Waals surface area (Å²) in [6.45, 7) is 3.41. The number of aliphatic hydroxyl groups excluding tert-OH is 7. The molecule has 0 spiro atoms. The first-order valence-electron chi connectivity index (χ1n) is 25.9. The van der Waals surface area contributed by atoms with Gasteiger partial charge in [0, 0.05) is 13.0 Å². The maximum Gasteiger partial charge on any atom is 0.306 e. The van der Waals surface area contributed by atoms with E-state index in [1.165, 1.54) is 83.5 Å². The second kappa shape index (κ2) is 40.4. The molecule has 0 aliphatic carbocycles. The smallest absolute Gasteiger partial charge is 0.306 e. The Labute approximate surface area is 403 Å². The normalized spacial score (nSPS) is 26.6. The second-order valence-electron chi connectivity index (χ2n) is 18.0. The van der Waals surface area contributed by atoms with Crippen molar-refractivity contribution >= 4 is 5.97 Å². The third kappa shape index (κ3) is 28.2. The maximum absolute atomic E-state index is 13.0. The first-order chi connectivity index (χ1) is 32.6. The first kappa shape index (κ1) is 60.8. The molecule has 2 saturated heterocycles. The van der Waals surface area contributed by atoms with Crippen LogP contribution in [0.2, 0.25) is 0 Å². The molecule has 2 fully saturated rings. The Kier molecular flexibility index (Phi) is 36.7. The number of carbonyl (C=O) groups excluding carboxylic acids is 1. The van der Waals surface area contributed by atoms with E-state index >= 15 is 0 Å². The third-order valence-electron chi connectivity index (χ3n) is 12.0. The van der Waals surface area contributed by atoms with Gasteiger partial charge in [-0.3, -0.25) is 4.79 Å². The number of esters is 1. The fourth-order valence-corrected chi connectivity index (χ4v) is 7.81. The third-order valence-corrected chi connectivity index (χ3v) is 12.0. The SMILES string of the molecule is CC/C=C\C/C=C\C/C=C\C/C=C\CCCOCC(COC1OC(COC2OC(CO)C(O)C(O)C2O)C(O)C(O)C1O)OC(=O)CCCCCCCCCCC/C=C\CCCCCCCC. The fourth-order valence-electron chi connectivity index (χ4n) is 7.81. The van der Waals surface area contributed by atoms with Crippen molar-refractivity contribution in [1.29, 1.82) is 0 Å². The van der Waals surface area contributed by atoms with E-state index in [1.54, 1.807) is 0 Å². The molecule has 14 heteroatoms. The molecule has 2 rings (SSSR count).